The lowest BCUT2D eigenvalue weighted by atomic mass is 10.1. The summed E-state index contributed by atoms with van der Waals surface area (Å²) < 4.78 is 0. The molecule has 0 unspecified atom stereocenters. The predicted molar refractivity (Wildman–Crippen MR) is 70.5 cm³/mol. The van der Waals surface area contributed by atoms with Gasteiger partial charge in [0.2, 0.25) is 0 Å². The molecule has 0 fully saturated rings. The van der Waals surface area contributed by atoms with E-state index in [1.54, 1.807) is 12.1 Å². The number of para-hydroxylation sites is 1. The molecule has 0 aliphatic rings. The lowest BCUT2D eigenvalue weighted by molar-refractivity contribution is -0.137. The average molecular weight is 251 g/mol. The minimum absolute atomic E-state index is 0.185. The second-order valence-electron chi connectivity index (χ2n) is 4.69. The number of carbonyl (C=O) groups is 1. The molecule has 4 nitrogen and oxygen atoms in total. The number of rotatable bonds is 7. The third-order valence-corrected chi connectivity index (χ3v) is 2.93. The first-order valence-electron chi connectivity index (χ1n) is 6.23. The molecule has 0 aliphatic carbocycles. The second kappa shape index (κ2) is 7.01. The van der Waals surface area contributed by atoms with Gasteiger partial charge in [-0.1, -0.05) is 18.2 Å². The predicted octanol–water partition coefficient (Wildman–Crippen LogP) is 2.47. The molecule has 100 valence electrons. The summed E-state index contributed by atoms with van der Waals surface area (Å²) in [4.78, 5) is 12.7. The Hall–Kier alpha value is -1.55. The van der Waals surface area contributed by atoms with E-state index in [0.29, 0.717) is 24.8 Å². The zero-order valence-electron chi connectivity index (χ0n) is 11.0. The zero-order chi connectivity index (χ0) is 13.5. The molecule has 0 amide bonds. The van der Waals surface area contributed by atoms with E-state index >= 15 is 0 Å². The quantitative estimate of drug-likeness (QED) is 0.781. The molecule has 0 spiro atoms. The first-order chi connectivity index (χ1) is 8.50. The minimum atomic E-state index is -0.763. The number of carboxylic acids is 1. The fourth-order valence-corrected chi connectivity index (χ4v) is 1.82. The number of phenolic OH excluding ortho intramolecular Hbond substituents is 1. The molecule has 0 atom stereocenters. The Morgan fingerprint density at radius 2 is 2.00 bits per heavy atom. The van der Waals surface area contributed by atoms with E-state index in [-0.39, 0.29) is 6.42 Å². The molecule has 0 aromatic heterocycles. The van der Waals surface area contributed by atoms with Crippen molar-refractivity contribution in [1.29, 1.82) is 0 Å². The van der Waals surface area contributed by atoms with Gasteiger partial charge in [-0.3, -0.25) is 9.69 Å². The first-order valence-corrected chi connectivity index (χ1v) is 6.23. The Bertz CT molecular complexity index is 390. The second-order valence-corrected chi connectivity index (χ2v) is 4.69. The van der Waals surface area contributed by atoms with Gasteiger partial charge in [-0.05, 0) is 32.9 Å². The van der Waals surface area contributed by atoms with Gasteiger partial charge in [0.15, 0.2) is 0 Å². The summed E-state index contributed by atoms with van der Waals surface area (Å²) in [5.74, 6) is -0.470. The van der Waals surface area contributed by atoms with Crippen molar-refractivity contribution in [2.45, 2.75) is 39.3 Å². The number of hydrogen-bond donors (Lipinski definition) is 2. The van der Waals surface area contributed by atoms with Crippen molar-refractivity contribution in [3.8, 4) is 5.75 Å². The molecule has 0 heterocycles. The van der Waals surface area contributed by atoms with E-state index in [0.717, 1.165) is 12.1 Å². The topological polar surface area (TPSA) is 60.8 Å². The molecule has 0 aliphatic heterocycles. The maximum Gasteiger partial charge on any atom is 0.303 e. The molecule has 0 saturated heterocycles. The summed E-state index contributed by atoms with van der Waals surface area (Å²) in [6.45, 7) is 5.50. The summed E-state index contributed by atoms with van der Waals surface area (Å²) in [6, 6.07) is 7.57. The van der Waals surface area contributed by atoms with Gasteiger partial charge in [0.1, 0.15) is 5.75 Å². The van der Waals surface area contributed by atoms with E-state index in [1.807, 2.05) is 12.1 Å². The van der Waals surface area contributed by atoms with Crippen LogP contribution < -0.4 is 0 Å². The van der Waals surface area contributed by atoms with Crippen LogP contribution in [0.4, 0.5) is 0 Å². The van der Waals surface area contributed by atoms with Crippen molar-refractivity contribution in [2.24, 2.45) is 0 Å². The Balaban J connectivity index is 2.58. The largest absolute Gasteiger partial charge is 0.508 e. The zero-order valence-corrected chi connectivity index (χ0v) is 11.0. The van der Waals surface area contributed by atoms with Crippen LogP contribution in [0.5, 0.6) is 5.75 Å². The van der Waals surface area contributed by atoms with E-state index < -0.39 is 5.97 Å². The number of phenols is 1. The van der Waals surface area contributed by atoms with Gasteiger partial charge in [-0.15, -0.1) is 0 Å². The van der Waals surface area contributed by atoms with E-state index in [2.05, 4.69) is 18.7 Å². The average Bonchev–Trinajstić information content (AvgIpc) is 2.29. The van der Waals surface area contributed by atoms with Crippen molar-refractivity contribution < 1.29 is 15.0 Å². The van der Waals surface area contributed by atoms with Gasteiger partial charge < -0.3 is 10.2 Å². The van der Waals surface area contributed by atoms with E-state index in [1.165, 1.54) is 0 Å². The van der Waals surface area contributed by atoms with Crippen molar-refractivity contribution in [1.82, 2.24) is 4.90 Å². The Kier molecular flexibility index (Phi) is 5.65. The molecular weight excluding hydrogens is 230 g/mol. The number of aliphatic carboxylic acids is 1. The number of aromatic hydroxyl groups is 1. The van der Waals surface area contributed by atoms with Crippen LogP contribution in [0.1, 0.15) is 32.3 Å². The van der Waals surface area contributed by atoms with Gasteiger partial charge >= 0.3 is 5.97 Å². The van der Waals surface area contributed by atoms with E-state index in [4.69, 9.17) is 5.11 Å². The molecule has 18 heavy (non-hydrogen) atoms. The highest BCUT2D eigenvalue weighted by molar-refractivity contribution is 5.66. The molecule has 2 N–H and O–H groups in total. The molecule has 1 aromatic rings. The highest BCUT2D eigenvalue weighted by atomic mass is 16.4. The highest BCUT2D eigenvalue weighted by Crippen LogP contribution is 2.19. The Morgan fingerprint density at radius 3 is 2.56 bits per heavy atom. The van der Waals surface area contributed by atoms with Gasteiger partial charge in [0.25, 0.3) is 0 Å². The lowest BCUT2D eigenvalue weighted by Gasteiger charge is -2.26. The van der Waals surface area contributed by atoms with Crippen molar-refractivity contribution in [3.63, 3.8) is 0 Å². The SMILES string of the molecule is CC(C)N(CCCC(=O)O)Cc1ccccc1O. The number of nitrogens with zero attached hydrogens (tertiary/aromatic N) is 1. The van der Waals surface area contributed by atoms with Crippen LogP contribution in [-0.4, -0.2) is 33.7 Å². The molecule has 0 radical (unpaired) electrons. The van der Waals surface area contributed by atoms with Crippen LogP contribution >= 0.6 is 0 Å². The van der Waals surface area contributed by atoms with Crippen LogP contribution in [0, 0.1) is 0 Å². The van der Waals surface area contributed by atoms with Crippen LogP contribution in [0.3, 0.4) is 0 Å². The van der Waals surface area contributed by atoms with Crippen LogP contribution in [-0.2, 0) is 11.3 Å². The summed E-state index contributed by atoms with van der Waals surface area (Å²) >= 11 is 0. The fraction of sp³-hybridized carbons (Fsp3) is 0.500. The summed E-state index contributed by atoms with van der Waals surface area (Å²) in [7, 11) is 0. The monoisotopic (exact) mass is 251 g/mol. The lowest BCUT2D eigenvalue weighted by Crippen LogP contribution is -2.31. The molecular formula is C14H21NO3. The van der Waals surface area contributed by atoms with Gasteiger partial charge in [0, 0.05) is 24.6 Å². The number of carboxylic acid groups (broad SMARTS) is 1. The van der Waals surface area contributed by atoms with Crippen LogP contribution in [0.15, 0.2) is 24.3 Å². The molecule has 0 bridgehead atoms. The normalized spacial score (nSPS) is 11.1. The highest BCUT2D eigenvalue weighted by Gasteiger charge is 2.12. The summed E-state index contributed by atoms with van der Waals surface area (Å²) in [6.07, 6.45) is 0.811. The van der Waals surface area contributed by atoms with Crippen molar-refractivity contribution >= 4 is 5.97 Å². The molecule has 0 saturated carbocycles. The number of benzene rings is 1. The summed E-state index contributed by atoms with van der Waals surface area (Å²) in [5.41, 5.74) is 0.876. The van der Waals surface area contributed by atoms with E-state index in [9.17, 15) is 9.90 Å². The van der Waals surface area contributed by atoms with Crippen molar-refractivity contribution in [3.05, 3.63) is 29.8 Å². The van der Waals surface area contributed by atoms with Gasteiger partial charge in [-0.25, -0.2) is 0 Å². The van der Waals surface area contributed by atoms with Crippen LogP contribution in [0.2, 0.25) is 0 Å². The van der Waals surface area contributed by atoms with Crippen molar-refractivity contribution in [2.75, 3.05) is 6.54 Å². The van der Waals surface area contributed by atoms with Gasteiger partial charge in [-0.2, -0.15) is 0 Å². The Morgan fingerprint density at radius 1 is 1.33 bits per heavy atom. The minimum Gasteiger partial charge on any atom is -0.508 e. The maximum absolute atomic E-state index is 10.5. The third-order valence-electron chi connectivity index (χ3n) is 2.93. The third kappa shape index (κ3) is 4.75. The standard InChI is InChI=1S/C14H21NO3/c1-11(2)15(9-5-8-14(17)18)10-12-6-3-4-7-13(12)16/h3-4,6-7,11,16H,5,8-10H2,1-2H3,(H,17,18). The molecule has 1 rings (SSSR count). The fourth-order valence-electron chi connectivity index (χ4n) is 1.82. The van der Waals surface area contributed by atoms with Gasteiger partial charge in [0.05, 0.1) is 0 Å². The first kappa shape index (κ1) is 14.5. The van der Waals surface area contributed by atoms with Crippen LogP contribution in [0.25, 0.3) is 0 Å². The molecule has 4 heteroatoms. The molecule has 1 aromatic carbocycles. The smallest absolute Gasteiger partial charge is 0.303 e. The summed E-state index contributed by atoms with van der Waals surface area (Å²) in [5, 5.41) is 18.4. The Labute approximate surface area is 108 Å². The maximum atomic E-state index is 10.5. The number of hydrogen-bond acceptors (Lipinski definition) is 3.